The highest BCUT2D eigenvalue weighted by atomic mass is 35.5. The molecule has 0 aliphatic heterocycles. The van der Waals surface area contributed by atoms with Crippen LogP contribution in [0.2, 0.25) is 5.02 Å². The van der Waals surface area contributed by atoms with Crippen LogP contribution in [0.1, 0.15) is 51.0 Å². The second-order valence-electron chi connectivity index (χ2n) is 8.22. The second-order valence-corrected chi connectivity index (χ2v) is 8.66. The van der Waals surface area contributed by atoms with Gasteiger partial charge in [0.15, 0.2) is 0 Å². The normalized spacial score (nSPS) is 14.7. The zero-order valence-electron chi connectivity index (χ0n) is 18.4. The van der Waals surface area contributed by atoms with Crippen molar-refractivity contribution in [1.82, 2.24) is 10.2 Å². The third-order valence-electron chi connectivity index (χ3n) is 5.75. The van der Waals surface area contributed by atoms with E-state index in [4.69, 9.17) is 16.3 Å². The van der Waals surface area contributed by atoms with Crippen LogP contribution in [0, 0.1) is 5.82 Å². The van der Waals surface area contributed by atoms with Crippen molar-refractivity contribution in [2.45, 2.75) is 64.1 Å². The van der Waals surface area contributed by atoms with E-state index in [9.17, 15) is 14.0 Å². The van der Waals surface area contributed by atoms with Gasteiger partial charge in [-0.1, -0.05) is 36.6 Å². The fourth-order valence-corrected chi connectivity index (χ4v) is 3.97. The van der Waals surface area contributed by atoms with Gasteiger partial charge in [0.05, 0.1) is 6.61 Å². The maximum absolute atomic E-state index is 13.3. The molecule has 5 nitrogen and oxygen atoms in total. The van der Waals surface area contributed by atoms with E-state index in [1.807, 2.05) is 0 Å². The number of benzene rings is 2. The number of halogens is 2. The number of carbonyl (C=O) groups excluding carboxylic acids is 2. The van der Waals surface area contributed by atoms with Crippen LogP contribution in [0.4, 0.5) is 4.39 Å². The average Bonchev–Trinajstić information content (AvgIpc) is 3.30. The van der Waals surface area contributed by atoms with Gasteiger partial charge in [-0.2, -0.15) is 0 Å². The van der Waals surface area contributed by atoms with Crippen molar-refractivity contribution < 1.29 is 18.7 Å². The van der Waals surface area contributed by atoms with E-state index in [0.29, 0.717) is 23.8 Å². The smallest absolute Gasteiger partial charge is 0.242 e. The summed E-state index contributed by atoms with van der Waals surface area (Å²) < 4.78 is 19.0. The Balaban J connectivity index is 1.59. The molecule has 2 aromatic carbocycles. The van der Waals surface area contributed by atoms with Crippen LogP contribution in [-0.4, -0.2) is 35.4 Å². The first-order valence-electron chi connectivity index (χ1n) is 11.1. The number of hydrogen-bond acceptors (Lipinski definition) is 3. The lowest BCUT2D eigenvalue weighted by Gasteiger charge is -2.30. The van der Waals surface area contributed by atoms with Gasteiger partial charge in [-0.05, 0) is 68.1 Å². The van der Waals surface area contributed by atoms with Gasteiger partial charge in [-0.15, -0.1) is 0 Å². The Morgan fingerprint density at radius 3 is 2.44 bits per heavy atom. The number of carbonyl (C=O) groups is 2. The number of hydrogen-bond donors (Lipinski definition) is 1. The van der Waals surface area contributed by atoms with Crippen molar-refractivity contribution in [3.63, 3.8) is 0 Å². The fourth-order valence-electron chi connectivity index (χ4n) is 3.85. The first kappa shape index (κ1) is 24.1. The summed E-state index contributed by atoms with van der Waals surface area (Å²) in [5, 5.41) is 3.71. The Labute approximate surface area is 193 Å². The minimum Gasteiger partial charge on any atom is -0.494 e. The molecule has 0 spiro atoms. The van der Waals surface area contributed by atoms with Gasteiger partial charge in [0.1, 0.15) is 17.6 Å². The molecule has 7 heteroatoms. The van der Waals surface area contributed by atoms with Crippen LogP contribution < -0.4 is 10.1 Å². The number of ether oxygens (including phenoxy) is 1. The maximum Gasteiger partial charge on any atom is 0.242 e. The van der Waals surface area contributed by atoms with E-state index < -0.39 is 6.04 Å². The first-order chi connectivity index (χ1) is 15.4. The summed E-state index contributed by atoms with van der Waals surface area (Å²) in [6.45, 7) is 2.37. The minimum absolute atomic E-state index is 0.136. The van der Waals surface area contributed by atoms with Gasteiger partial charge in [0.25, 0.3) is 0 Å². The highest BCUT2D eigenvalue weighted by Gasteiger charge is 2.28. The van der Waals surface area contributed by atoms with Crippen LogP contribution in [0.25, 0.3) is 0 Å². The zero-order chi connectivity index (χ0) is 22.9. The van der Waals surface area contributed by atoms with Gasteiger partial charge < -0.3 is 15.0 Å². The molecule has 1 aliphatic carbocycles. The van der Waals surface area contributed by atoms with Crippen LogP contribution in [0.15, 0.2) is 48.5 Å². The van der Waals surface area contributed by atoms with Gasteiger partial charge in [-0.25, -0.2) is 4.39 Å². The molecular formula is C25H30ClFN2O3. The lowest BCUT2D eigenvalue weighted by atomic mass is 10.1. The molecule has 172 valence electrons. The standard InChI is InChI=1S/C25H30ClFN2O3/c1-18(25(31)28-22-5-2-3-6-22)29(17-19-8-12-21(27)13-9-19)24(30)7-4-16-32-23-14-10-20(26)11-15-23/h8-15,18,22H,2-7,16-17H2,1H3,(H,28,31). The van der Waals surface area contributed by atoms with Crippen molar-refractivity contribution in [2.75, 3.05) is 6.61 Å². The minimum atomic E-state index is -0.620. The topological polar surface area (TPSA) is 58.6 Å². The second kappa shape index (κ2) is 11.9. The Bertz CT molecular complexity index is 883. The van der Waals surface area contributed by atoms with Crippen LogP contribution >= 0.6 is 11.6 Å². The van der Waals surface area contributed by atoms with E-state index in [1.165, 1.54) is 12.1 Å². The van der Waals surface area contributed by atoms with Gasteiger partial charge >= 0.3 is 0 Å². The summed E-state index contributed by atoms with van der Waals surface area (Å²) in [6.07, 6.45) is 4.95. The predicted molar refractivity (Wildman–Crippen MR) is 123 cm³/mol. The Hall–Kier alpha value is -2.60. The third kappa shape index (κ3) is 7.23. The zero-order valence-corrected chi connectivity index (χ0v) is 19.1. The van der Waals surface area contributed by atoms with Gasteiger partial charge in [-0.3, -0.25) is 9.59 Å². The molecule has 0 saturated heterocycles. The third-order valence-corrected chi connectivity index (χ3v) is 6.00. The summed E-state index contributed by atoms with van der Waals surface area (Å²) in [4.78, 5) is 27.5. The van der Waals surface area contributed by atoms with Gasteiger partial charge in [0.2, 0.25) is 11.8 Å². The van der Waals surface area contributed by atoms with E-state index in [2.05, 4.69) is 5.32 Å². The van der Waals surface area contributed by atoms with Crippen molar-refractivity contribution in [3.05, 3.63) is 64.9 Å². The number of nitrogens with one attached hydrogen (secondary N) is 1. The molecule has 0 radical (unpaired) electrons. The molecule has 1 unspecified atom stereocenters. The summed E-state index contributed by atoms with van der Waals surface area (Å²) in [5.41, 5.74) is 0.776. The first-order valence-corrected chi connectivity index (χ1v) is 11.5. The Morgan fingerprint density at radius 1 is 1.12 bits per heavy atom. The van der Waals surface area contributed by atoms with E-state index in [1.54, 1.807) is 48.2 Å². The van der Waals surface area contributed by atoms with Crippen molar-refractivity contribution in [2.24, 2.45) is 0 Å². The summed E-state index contributed by atoms with van der Waals surface area (Å²) in [5.74, 6) is 0.0696. The number of amides is 2. The summed E-state index contributed by atoms with van der Waals surface area (Å²) in [7, 11) is 0. The lowest BCUT2D eigenvalue weighted by molar-refractivity contribution is -0.141. The predicted octanol–water partition coefficient (Wildman–Crippen LogP) is 5.11. The molecule has 2 amide bonds. The molecule has 1 saturated carbocycles. The Kier molecular flexibility index (Phi) is 8.91. The molecule has 1 fully saturated rings. The van der Waals surface area contributed by atoms with Crippen molar-refractivity contribution >= 4 is 23.4 Å². The molecule has 0 heterocycles. The SMILES string of the molecule is CC(C(=O)NC1CCCC1)N(Cc1ccc(F)cc1)C(=O)CCCOc1ccc(Cl)cc1. The molecule has 0 aromatic heterocycles. The molecule has 1 atom stereocenters. The number of nitrogens with zero attached hydrogens (tertiary/aromatic N) is 1. The van der Waals surface area contributed by atoms with E-state index in [-0.39, 0.29) is 36.6 Å². The maximum atomic E-state index is 13.3. The fraction of sp³-hybridized carbons (Fsp3) is 0.440. The molecule has 1 aliphatic rings. The van der Waals surface area contributed by atoms with Crippen LogP contribution in [-0.2, 0) is 16.1 Å². The van der Waals surface area contributed by atoms with E-state index >= 15 is 0 Å². The quantitative estimate of drug-likeness (QED) is 0.501. The molecule has 32 heavy (non-hydrogen) atoms. The molecule has 1 N–H and O–H groups in total. The van der Waals surface area contributed by atoms with E-state index in [0.717, 1.165) is 31.2 Å². The highest BCUT2D eigenvalue weighted by molar-refractivity contribution is 6.30. The molecule has 3 rings (SSSR count). The number of rotatable bonds is 10. The summed E-state index contributed by atoms with van der Waals surface area (Å²) >= 11 is 5.87. The molecule has 2 aromatic rings. The average molecular weight is 461 g/mol. The van der Waals surface area contributed by atoms with Crippen LogP contribution in [0.3, 0.4) is 0 Å². The lowest BCUT2D eigenvalue weighted by Crippen LogP contribution is -2.49. The molecular weight excluding hydrogens is 431 g/mol. The highest BCUT2D eigenvalue weighted by Crippen LogP contribution is 2.19. The monoisotopic (exact) mass is 460 g/mol. The van der Waals surface area contributed by atoms with Crippen LogP contribution in [0.5, 0.6) is 5.75 Å². The van der Waals surface area contributed by atoms with Crippen molar-refractivity contribution in [3.8, 4) is 5.75 Å². The van der Waals surface area contributed by atoms with Crippen molar-refractivity contribution in [1.29, 1.82) is 0 Å². The Morgan fingerprint density at radius 2 is 1.78 bits per heavy atom. The summed E-state index contributed by atoms with van der Waals surface area (Å²) in [6, 6.07) is 12.6. The van der Waals surface area contributed by atoms with Gasteiger partial charge in [0, 0.05) is 24.0 Å². The largest absolute Gasteiger partial charge is 0.494 e. The molecule has 0 bridgehead atoms.